The van der Waals surface area contributed by atoms with E-state index in [1.165, 1.54) is 5.56 Å². The van der Waals surface area contributed by atoms with Gasteiger partial charge in [-0.3, -0.25) is 0 Å². The molecule has 20 heavy (non-hydrogen) atoms. The van der Waals surface area contributed by atoms with Crippen molar-refractivity contribution in [3.05, 3.63) is 63.1 Å². The molecule has 0 N–H and O–H groups in total. The summed E-state index contributed by atoms with van der Waals surface area (Å²) >= 11 is 9.59. The highest BCUT2D eigenvalue weighted by molar-refractivity contribution is 9.10. The predicted molar refractivity (Wildman–Crippen MR) is 88.6 cm³/mol. The van der Waals surface area contributed by atoms with E-state index in [4.69, 9.17) is 16.3 Å². The van der Waals surface area contributed by atoms with E-state index in [1.807, 2.05) is 30.3 Å². The lowest BCUT2D eigenvalue weighted by molar-refractivity contribution is 0.305. The van der Waals surface area contributed by atoms with Crippen molar-refractivity contribution in [1.29, 1.82) is 0 Å². The first-order valence-corrected chi connectivity index (χ1v) is 7.70. The van der Waals surface area contributed by atoms with E-state index in [-0.39, 0.29) is 5.41 Å². The Labute approximate surface area is 134 Å². The normalized spacial score (nSPS) is 11.4. The molecule has 0 spiro atoms. The summed E-state index contributed by atoms with van der Waals surface area (Å²) in [6, 6.07) is 14.0. The molecule has 0 aliphatic carbocycles. The van der Waals surface area contributed by atoms with Crippen LogP contribution in [0.3, 0.4) is 0 Å². The summed E-state index contributed by atoms with van der Waals surface area (Å²) in [6.45, 7) is 7.05. The van der Waals surface area contributed by atoms with Crippen LogP contribution in [0.4, 0.5) is 0 Å². The minimum Gasteiger partial charge on any atom is -0.489 e. The second-order valence-electron chi connectivity index (χ2n) is 5.80. The highest BCUT2D eigenvalue weighted by Crippen LogP contribution is 2.27. The lowest BCUT2D eigenvalue weighted by atomic mass is 9.87. The molecule has 0 aliphatic rings. The average molecular weight is 354 g/mol. The molecule has 2 rings (SSSR count). The lowest BCUT2D eigenvalue weighted by Crippen LogP contribution is -2.11. The third-order valence-electron chi connectivity index (χ3n) is 3.11. The van der Waals surface area contributed by atoms with Crippen LogP contribution < -0.4 is 4.74 Å². The van der Waals surface area contributed by atoms with Crippen LogP contribution in [0.5, 0.6) is 5.75 Å². The molecule has 0 amide bonds. The maximum atomic E-state index is 6.19. The number of hydrogen-bond acceptors (Lipinski definition) is 1. The lowest BCUT2D eigenvalue weighted by Gasteiger charge is -2.19. The average Bonchev–Trinajstić information content (AvgIpc) is 2.37. The van der Waals surface area contributed by atoms with E-state index >= 15 is 0 Å². The molecule has 0 bridgehead atoms. The number of ether oxygens (including phenoxy) is 1. The Morgan fingerprint density at radius 3 is 2.50 bits per heavy atom. The van der Waals surface area contributed by atoms with Gasteiger partial charge >= 0.3 is 0 Å². The van der Waals surface area contributed by atoms with Crippen LogP contribution in [0, 0.1) is 0 Å². The molecule has 0 atom stereocenters. The molecule has 0 saturated carbocycles. The van der Waals surface area contributed by atoms with Crippen molar-refractivity contribution in [2.75, 3.05) is 0 Å². The van der Waals surface area contributed by atoms with Gasteiger partial charge in [-0.05, 0) is 35.2 Å². The van der Waals surface area contributed by atoms with E-state index in [9.17, 15) is 0 Å². The highest BCUT2D eigenvalue weighted by Gasteiger charge is 2.14. The van der Waals surface area contributed by atoms with Crippen LogP contribution in [0.1, 0.15) is 31.9 Å². The summed E-state index contributed by atoms with van der Waals surface area (Å²) in [7, 11) is 0. The van der Waals surface area contributed by atoms with E-state index < -0.39 is 0 Å². The summed E-state index contributed by atoms with van der Waals surface area (Å²) in [5.74, 6) is 0.872. The van der Waals surface area contributed by atoms with Gasteiger partial charge < -0.3 is 4.74 Å². The summed E-state index contributed by atoms with van der Waals surface area (Å²) < 4.78 is 6.82. The fourth-order valence-electron chi connectivity index (χ4n) is 1.85. The second kappa shape index (κ2) is 6.19. The van der Waals surface area contributed by atoms with Crippen LogP contribution in [-0.4, -0.2) is 0 Å². The standard InChI is InChI=1S/C17H18BrClO/c1-17(2,3)13-5-4-6-15(9-13)20-11-12-7-8-14(18)10-16(12)19/h4-10H,11H2,1-3H3. The molecule has 0 fully saturated rings. The molecule has 2 aromatic rings. The summed E-state index contributed by atoms with van der Waals surface area (Å²) in [6.07, 6.45) is 0. The SMILES string of the molecule is CC(C)(C)c1cccc(OCc2ccc(Br)cc2Cl)c1. The maximum Gasteiger partial charge on any atom is 0.120 e. The topological polar surface area (TPSA) is 9.23 Å². The van der Waals surface area contributed by atoms with Gasteiger partial charge in [0, 0.05) is 15.1 Å². The Morgan fingerprint density at radius 1 is 1.10 bits per heavy atom. The smallest absolute Gasteiger partial charge is 0.120 e. The molecular weight excluding hydrogens is 336 g/mol. The van der Waals surface area contributed by atoms with Crippen molar-refractivity contribution in [2.45, 2.75) is 32.8 Å². The van der Waals surface area contributed by atoms with Gasteiger partial charge in [0.25, 0.3) is 0 Å². The van der Waals surface area contributed by atoms with Gasteiger partial charge in [-0.1, -0.05) is 66.5 Å². The summed E-state index contributed by atoms with van der Waals surface area (Å²) in [5, 5.41) is 0.714. The van der Waals surface area contributed by atoms with Crippen LogP contribution in [-0.2, 0) is 12.0 Å². The molecule has 0 aliphatic heterocycles. The number of rotatable bonds is 3. The first-order valence-electron chi connectivity index (χ1n) is 6.53. The minimum absolute atomic E-state index is 0.120. The fraction of sp³-hybridized carbons (Fsp3) is 0.294. The fourth-order valence-corrected chi connectivity index (χ4v) is 2.58. The van der Waals surface area contributed by atoms with Crippen molar-refractivity contribution in [3.63, 3.8) is 0 Å². The Bertz CT molecular complexity index is 602. The van der Waals surface area contributed by atoms with Crippen molar-refractivity contribution in [2.24, 2.45) is 0 Å². The molecular formula is C17H18BrClO. The van der Waals surface area contributed by atoms with Gasteiger partial charge in [0.15, 0.2) is 0 Å². The van der Waals surface area contributed by atoms with Gasteiger partial charge in [-0.15, -0.1) is 0 Å². The molecule has 1 nitrogen and oxygen atoms in total. The van der Waals surface area contributed by atoms with Crippen LogP contribution in [0.2, 0.25) is 5.02 Å². The maximum absolute atomic E-state index is 6.19. The van der Waals surface area contributed by atoms with Gasteiger partial charge in [-0.25, -0.2) is 0 Å². The number of benzene rings is 2. The molecule has 0 aromatic heterocycles. The van der Waals surface area contributed by atoms with E-state index in [0.717, 1.165) is 15.8 Å². The van der Waals surface area contributed by atoms with Gasteiger partial charge in [0.1, 0.15) is 12.4 Å². The van der Waals surface area contributed by atoms with Crippen LogP contribution in [0.25, 0.3) is 0 Å². The highest BCUT2D eigenvalue weighted by atomic mass is 79.9. The molecule has 0 radical (unpaired) electrons. The van der Waals surface area contributed by atoms with Gasteiger partial charge in [0.2, 0.25) is 0 Å². The van der Waals surface area contributed by atoms with Crippen molar-refractivity contribution < 1.29 is 4.74 Å². The van der Waals surface area contributed by atoms with Crippen molar-refractivity contribution in [3.8, 4) is 5.75 Å². The minimum atomic E-state index is 0.120. The zero-order valence-electron chi connectivity index (χ0n) is 11.9. The Kier molecular flexibility index (Phi) is 4.77. The Balaban J connectivity index is 2.11. The van der Waals surface area contributed by atoms with Gasteiger partial charge in [-0.2, -0.15) is 0 Å². The van der Waals surface area contributed by atoms with Gasteiger partial charge in [0.05, 0.1) is 0 Å². The molecule has 2 aromatic carbocycles. The number of halogens is 2. The zero-order chi connectivity index (χ0) is 14.8. The first kappa shape index (κ1) is 15.4. The summed E-state index contributed by atoms with van der Waals surface area (Å²) in [4.78, 5) is 0. The Hall–Kier alpha value is -0.990. The molecule has 3 heteroatoms. The first-order chi connectivity index (χ1) is 9.36. The second-order valence-corrected chi connectivity index (χ2v) is 7.13. The zero-order valence-corrected chi connectivity index (χ0v) is 14.3. The van der Waals surface area contributed by atoms with E-state index in [2.05, 4.69) is 48.8 Å². The van der Waals surface area contributed by atoms with Crippen LogP contribution in [0.15, 0.2) is 46.9 Å². The van der Waals surface area contributed by atoms with Crippen molar-refractivity contribution in [1.82, 2.24) is 0 Å². The quantitative estimate of drug-likeness (QED) is 0.659. The molecule has 0 saturated heterocycles. The monoisotopic (exact) mass is 352 g/mol. The largest absolute Gasteiger partial charge is 0.489 e. The number of hydrogen-bond donors (Lipinski definition) is 0. The predicted octanol–water partition coefficient (Wildman–Crippen LogP) is 5.98. The Morgan fingerprint density at radius 2 is 1.85 bits per heavy atom. The summed E-state index contributed by atoms with van der Waals surface area (Å²) in [5.41, 5.74) is 2.36. The molecule has 0 unspecified atom stereocenters. The van der Waals surface area contributed by atoms with E-state index in [1.54, 1.807) is 0 Å². The third-order valence-corrected chi connectivity index (χ3v) is 3.95. The van der Waals surface area contributed by atoms with Crippen LogP contribution >= 0.6 is 27.5 Å². The van der Waals surface area contributed by atoms with Crippen molar-refractivity contribution >= 4 is 27.5 Å². The molecule has 0 heterocycles. The third kappa shape index (κ3) is 4.00. The molecule has 106 valence electrons. The van der Waals surface area contributed by atoms with E-state index in [0.29, 0.717) is 11.6 Å².